The van der Waals surface area contributed by atoms with E-state index in [1.54, 1.807) is 0 Å². The molecular formula is C14H20BrN3O2. The van der Waals surface area contributed by atoms with E-state index in [0.29, 0.717) is 11.7 Å². The van der Waals surface area contributed by atoms with Gasteiger partial charge in [0.05, 0.1) is 17.3 Å². The van der Waals surface area contributed by atoms with Crippen LogP contribution in [0.15, 0.2) is 4.47 Å². The van der Waals surface area contributed by atoms with Gasteiger partial charge in [-0.25, -0.2) is 14.8 Å². The number of anilines is 1. The Balaban J connectivity index is 2.39. The maximum atomic E-state index is 11.7. The van der Waals surface area contributed by atoms with Gasteiger partial charge in [0.25, 0.3) is 0 Å². The molecule has 1 aromatic rings. The number of nitrogens with one attached hydrogen (secondary N) is 1. The fraction of sp³-hybridized carbons (Fsp3) is 0.643. The van der Waals surface area contributed by atoms with E-state index >= 15 is 0 Å². The molecule has 0 spiro atoms. The standard InChI is InChI=1S/C14H20BrN3O2/c1-3-8-16-12-10(15)11(9-6-4-5-7-9)17-13(18-12)14(19)20-2/h9H,3-8H2,1-2H3,(H,16,17,18). The number of rotatable bonds is 5. The Hall–Kier alpha value is -1.17. The fourth-order valence-electron chi connectivity index (χ4n) is 2.48. The van der Waals surface area contributed by atoms with Gasteiger partial charge in [-0.1, -0.05) is 19.8 Å². The summed E-state index contributed by atoms with van der Waals surface area (Å²) in [7, 11) is 1.35. The van der Waals surface area contributed by atoms with Crippen LogP contribution in [0.5, 0.6) is 0 Å². The molecular weight excluding hydrogens is 322 g/mol. The van der Waals surface area contributed by atoms with Gasteiger partial charge in [0, 0.05) is 12.5 Å². The lowest BCUT2D eigenvalue weighted by Crippen LogP contribution is -2.15. The molecule has 5 nitrogen and oxygen atoms in total. The van der Waals surface area contributed by atoms with E-state index in [0.717, 1.165) is 36.0 Å². The Morgan fingerprint density at radius 3 is 2.70 bits per heavy atom. The van der Waals surface area contributed by atoms with Crippen molar-refractivity contribution >= 4 is 27.7 Å². The fourth-order valence-corrected chi connectivity index (χ4v) is 3.12. The summed E-state index contributed by atoms with van der Waals surface area (Å²) in [5.41, 5.74) is 0.927. The number of carbonyl (C=O) groups is 1. The first-order valence-electron chi connectivity index (χ1n) is 7.07. The molecule has 0 amide bonds. The van der Waals surface area contributed by atoms with Gasteiger partial charge in [-0.05, 0) is 35.2 Å². The first kappa shape index (κ1) is 15.2. The lowest BCUT2D eigenvalue weighted by molar-refractivity contribution is 0.0586. The van der Waals surface area contributed by atoms with Crippen LogP contribution in [0, 0.1) is 0 Å². The van der Waals surface area contributed by atoms with Gasteiger partial charge in [-0.3, -0.25) is 0 Å². The Kier molecular flexibility index (Phi) is 5.34. The van der Waals surface area contributed by atoms with Crippen LogP contribution in [0.4, 0.5) is 5.82 Å². The lowest BCUT2D eigenvalue weighted by atomic mass is 10.0. The van der Waals surface area contributed by atoms with Gasteiger partial charge < -0.3 is 10.1 Å². The summed E-state index contributed by atoms with van der Waals surface area (Å²) < 4.78 is 5.63. The summed E-state index contributed by atoms with van der Waals surface area (Å²) in [4.78, 5) is 20.4. The van der Waals surface area contributed by atoms with Crippen molar-refractivity contribution in [3.63, 3.8) is 0 Å². The van der Waals surface area contributed by atoms with Gasteiger partial charge in [0.1, 0.15) is 5.82 Å². The minimum Gasteiger partial charge on any atom is -0.463 e. The van der Waals surface area contributed by atoms with Crippen molar-refractivity contribution in [2.75, 3.05) is 19.0 Å². The summed E-state index contributed by atoms with van der Waals surface area (Å²) >= 11 is 3.59. The lowest BCUT2D eigenvalue weighted by Gasteiger charge is -2.15. The quantitative estimate of drug-likeness (QED) is 0.830. The topological polar surface area (TPSA) is 64.1 Å². The van der Waals surface area contributed by atoms with E-state index in [1.807, 2.05) is 0 Å². The molecule has 0 saturated heterocycles. The summed E-state index contributed by atoms with van der Waals surface area (Å²) in [5.74, 6) is 0.731. The number of esters is 1. The SMILES string of the molecule is CCCNc1nc(C(=O)OC)nc(C2CCCC2)c1Br. The number of carbonyl (C=O) groups excluding carboxylic acids is 1. The van der Waals surface area contributed by atoms with Gasteiger partial charge in [-0.15, -0.1) is 0 Å². The predicted octanol–water partition coefficient (Wildman–Crippen LogP) is 3.51. The molecule has 2 rings (SSSR count). The smallest absolute Gasteiger partial charge is 0.376 e. The van der Waals surface area contributed by atoms with Crippen molar-refractivity contribution in [1.82, 2.24) is 9.97 Å². The van der Waals surface area contributed by atoms with Crippen LogP contribution in [0.1, 0.15) is 61.3 Å². The molecule has 1 aromatic heterocycles. The number of ether oxygens (including phenoxy) is 1. The van der Waals surface area contributed by atoms with Crippen molar-refractivity contribution in [3.8, 4) is 0 Å². The van der Waals surface area contributed by atoms with Crippen LogP contribution in [-0.2, 0) is 4.74 Å². The van der Waals surface area contributed by atoms with Crippen molar-refractivity contribution < 1.29 is 9.53 Å². The normalized spacial score (nSPS) is 15.3. The van der Waals surface area contributed by atoms with Crippen LogP contribution >= 0.6 is 15.9 Å². The van der Waals surface area contributed by atoms with Crippen molar-refractivity contribution in [2.24, 2.45) is 0 Å². The van der Waals surface area contributed by atoms with Crippen molar-refractivity contribution in [3.05, 3.63) is 16.0 Å². The number of aromatic nitrogens is 2. The molecule has 1 N–H and O–H groups in total. The third kappa shape index (κ3) is 3.29. The Morgan fingerprint density at radius 1 is 1.40 bits per heavy atom. The molecule has 0 radical (unpaired) electrons. The zero-order valence-corrected chi connectivity index (χ0v) is 13.5. The zero-order chi connectivity index (χ0) is 14.5. The molecule has 0 unspecified atom stereocenters. The highest BCUT2D eigenvalue weighted by Crippen LogP contribution is 2.38. The molecule has 1 heterocycles. The highest BCUT2D eigenvalue weighted by atomic mass is 79.9. The Labute approximate surface area is 127 Å². The summed E-state index contributed by atoms with van der Waals surface area (Å²) in [6, 6.07) is 0. The monoisotopic (exact) mass is 341 g/mol. The Bertz CT molecular complexity index is 488. The van der Waals surface area contributed by atoms with Crippen molar-refractivity contribution in [1.29, 1.82) is 0 Å². The second kappa shape index (κ2) is 7.02. The number of halogens is 1. The zero-order valence-electron chi connectivity index (χ0n) is 11.9. The van der Waals surface area contributed by atoms with E-state index in [4.69, 9.17) is 4.74 Å². The van der Waals surface area contributed by atoms with Crippen LogP contribution < -0.4 is 5.32 Å². The van der Waals surface area contributed by atoms with Crippen LogP contribution in [0.2, 0.25) is 0 Å². The molecule has 1 aliphatic carbocycles. The molecule has 0 atom stereocenters. The first-order valence-corrected chi connectivity index (χ1v) is 7.86. The van der Waals surface area contributed by atoms with Gasteiger partial charge in [0.2, 0.25) is 5.82 Å². The van der Waals surface area contributed by atoms with Crippen molar-refractivity contribution in [2.45, 2.75) is 44.9 Å². The largest absolute Gasteiger partial charge is 0.463 e. The molecule has 1 saturated carbocycles. The second-order valence-corrected chi connectivity index (χ2v) is 5.79. The van der Waals surface area contributed by atoms with Gasteiger partial charge in [0.15, 0.2) is 0 Å². The average molecular weight is 342 g/mol. The maximum Gasteiger partial charge on any atom is 0.376 e. The molecule has 20 heavy (non-hydrogen) atoms. The summed E-state index contributed by atoms with van der Waals surface area (Å²) in [5, 5.41) is 3.24. The summed E-state index contributed by atoms with van der Waals surface area (Å²) in [6.45, 7) is 2.89. The molecule has 0 aromatic carbocycles. The number of hydrogen-bond donors (Lipinski definition) is 1. The summed E-state index contributed by atoms with van der Waals surface area (Å²) in [6.07, 6.45) is 5.65. The van der Waals surface area contributed by atoms with E-state index < -0.39 is 5.97 Å². The Morgan fingerprint density at radius 2 is 2.10 bits per heavy atom. The maximum absolute atomic E-state index is 11.7. The minimum atomic E-state index is -0.490. The van der Waals surface area contributed by atoms with Crippen LogP contribution in [-0.4, -0.2) is 29.6 Å². The highest BCUT2D eigenvalue weighted by Gasteiger charge is 2.25. The van der Waals surface area contributed by atoms with E-state index in [1.165, 1.54) is 20.0 Å². The molecule has 1 aliphatic rings. The third-order valence-corrected chi connectivity index (χ3v) is 4.31. The average Bonchev–Trinajstić information content (AvgIpc) is 2.99. The molecule has 110 valence electrons. The van der Waals surface area contributed by atoms with Crippen LogP contribution in [0.3, 0.4) is 0 Å². The molecule has 0 bridgehead atoms. The molecule has 0 aliphatic heterocycles. The number of methoxy groups -OCH3 is 1. The molecule has 1 fully saturated rings. The highest BCUT2D eigenvalue weighted by molar-refractivity contribution is 9.10. The van der Waals surface area contributed by atoms with Crippen LogP contribution in [0.25, 0.3) is 0 Å². The van der Waals surface area contributed by atoms with Gasteiger partial charge >= 0.3 is 5.97 Å². The van der Waals surface area contributed by atoms with Gasteiger partial charge in [-0.2, -0.15) is 0 Å². The number of hydrogen-bond acceptors (Lipinski definition) is 5. The van der Waals surface area contributed by atoms with E-state index in [-0.39, 0.29) is 5.82 Å². The second-order valence-electron chi connectivity index (χ2n) is 4.99. The minimum absolute atomic E-state index is 0.135. The van der Waals surface area contributed by atoms with E-state index in [2.05, 4.69) is 38.1 Å². The third-order valence-electron chi connectivity index (χ3n) is 3.53. The first-order chi connectivity index (χ1) is 9.67. The molecule has 6 heteroatoms. The number of nitrogens with zero attached hydrogens (tertiary/aromatic N) is 2. The van der Waals surface area contributed by atoms with E-state index in [9.17, 15) is 4.79 Å². The predicted molar refractivity (Wildman–Crippen MR) is 81.1 cm³/mol.